The van der Waals surface area contributed by atoms with Crippen molar-refractivity contribution >= 4 is 5.97 Å². The lowest BCUT2D eigenvalue weighted by atomic mass is 9.96. The molecule has 1 heterocycles. The average Bonchev–Trinajstić information content (AvgIpc) is 2.57. The Bertz CT molecular complexity index is 664. The molecule has 5 heteroatoms. The van der Waals surface area contributed by atoms with Crippen molar-refractivity contribution in [1.29, 1.82) is 0 Å². The van der Waals surface area contributed by atoms with Crippen LogP contribution in [-0.4, -0.2) is 27.1 Å². The van der Waals surface area contributed by atoms with E-state index in [9.17, 15) is 4.79 Å². The first kappa shape index (κ1) is 19.1. The van der Waals surface area contributed by atoms with Gasteiger partial charge in [0.25, 0.3) is 0 Å². The smallest absolute Gasteiger partial charge is 0.303 e. The fraction of sp³-hybridized carbons (Fsp3) is 0.450. The van der Waals surface area contributed by atoms with Gasteiger partial charge in [-0.3, -0.25) is 4.79 Å². The molecule has 2 aromatic rings. The number of hydrogen-bond acceptors (Lipinski definition) is 4. The molecule has 0 aliphatic rings. The van der Waals surface area contributed by atoms with Gasteiger partial charge >= 0.3 is 5.97 Å². The summed E-state index contributed by atoms with van der Waals surface area (Å²) in [7, 11) is 0. The molecule has 5 nitrogen and oxygen atoms in total. The molecule has 1 unspecified atom stereocenters. The first-order valence-corrected chi connectivity index (χ1v) is 8.65. The van der Waals surface area contributed by atoms with Crippen LogP contribution >= 0.6 is 0 Å². The predicted octanol–water partition coefficient (Wildman–Crippen LogP) is 3.34. The predicted molar refractivity (Wildman–Crippen MR) is 98.4 cm³/mol. The second-order valence-electron chi connectivity index (χ2n) is 7.36. The minimum absolute atomic E-state index is 0.0662. The number of carboxylic acids is 1. The van der Waals surface area contributed by atoms with Crippen LogP contribution in [0.25, 0.3) is 0 Å². The third-order valence-electron chi connectivity index (χ3n) is 4.00. The number of carbonyl (C=O) groups is 1. The van der Waals surface area contributed by atoms with Crippen LogP contribution in [0.3, 0.4) is 0 Å². The van der Waals surface area contributed by atoms with Gasteiger partial charge in [-0.1, -0.05) is 51.1 Å². The largest absolute Gasteiger partial charge is 0.481 e. The molecule has 0 radical (unpaired) electrons. The van der Waals surface area contributed by atoms with Gasteiger partial charge in [0.15, 0.2) is 0 Å². The molecule has 0 spiro atoms. The van der Waals surface area contributed by atoms with E-state index in [-0.39, 0.29) is 17.9 Å². The quantitative estimate of drug-likeness (QED) is 0.770. The fourth-order valence-electron chi connectivity index (χ4n) is 2.57. The second-order valence-corrected chi connectivity index (χ2v) is 7.36. The van der Waals surface area contributed by atoms with Crippen LogP contribution in [0.4, 0.5) is 0 Å². The molecule has 25 heavy (non-hydrogen) atoms. The van der Waals surface area contributed by atoms with E-state index in [1.54, 1.807) is 0 Å². The summed E-state index contributed by atoms with van der Waals surface area (Å²) < 4.78 is 0. The van der Waals surface area contributed by atoms with E-state index in [1.807, 2.05) is 30.6 Å². The number of carboxylic acid groups (broad SMARTS) is 1. The van der Waals surface area contributed by atoms with Crippen LogP contribution in [0.5, 0.6) is 0 Å². The maximum atomic E-state index is 10.9. The lowest BCUT2D eigenvalue weighted by molar-refractivity contribution is -0.137. The summed E-state index contributed by atoms with van der Waals surface area (Å²) in [5, 5.41) is 12.4. The van der Waals surface area contributed by atoms with Crippen molar-refractivity contribution in [2.24, 2.45) is 0 Å². The SMILES string of the molecule is CC(C)(C)c1ncc(CNC(CCC(=O)O)Cc2ccccc2)cn1. The topological polar surface area (TPSA) is 75.1 Å². The number of nitrogens with zero attached hydrogens (tertiary/aromatic N) is 2. The van der Waals surface area contributed by atoms with Crippen LogP contribution < -0.4 is 5.32 Å². The summed E-state index contributed by atoms with van der Waals surface area (Å²) >= 11 is 0. The van der Waals surface area contributed by atoms with Gasteiger partial charge in [0.1, 0.15) is 5.82 Å². The van der Waals surface area contributed by atoms with Gasteiger partial charge in [-0.15, -0.1) is 0 Å². The van der Waals surface area contributed by atoms with Crippen molar-refractivity contribution < 1.29 is 9.90 Å². The zero-order valence-corrected chi connectivity index (χ0v) is 15.2. The molecule has 0 aliphatic heterocycles. The van der Waals surface area contributed by atoms with Crippen LogP contribution in [0.15, 0.2) is 42.7 Å². The molecule has 0 fully saturated rings. The molecular weight excluding hydrogens is 314 g/mol. The van der Waals surface area contributed by atoms with Crippen LogP contribution in [0.2, 0.25) is 0 Å². The zero-order chi connectivity index (χ0) is 18.3. The minimum Gasteiger partial charge on any atom is -0.481 e. The first-order chi connectivity index (χ1) is 11.8. The summed E-state index contributed by atoms with van der Waals surface area (Å²) in [6, 6.07) is 10.2. The molecule has 0 saturated heterocycles. The Morgan fingerprint density at radius 3 is 2.32 bits per heavy atom. The van der Waals surface area contributed by atoms with Crippen molar-refractivity contribution in [2.75, 3.05) is 0 Å². The van der Waals surface area contributed by atoms with Gasteiger partial charge in [0, 0.05) is 42.4 Å². The Morgan fingerprint density at radius 2 is 1.76 bits per heavy atom. The lowest BCUT2D eigenvalue weighted by Gasteiger charge is -2.19. The number of aromatic nitrogens is 2. The monoisotopic (exact) mass is 341 g/mol. The molecular formula is C20H27N3O2. The number of nitrogens with one attached hydrogen (secondary N) is 1. The Labute approximate surface area is 149 Å². The molecule has 2 rings (SSSR count). The molecule has 0 amide bonds. The number of benzene rings is 1. The maximum absolute atomic E-state index is 10.9. The van der Waals surface area contributed by atoms with Crippen molar-refractivity contribution in [1.82, 2.24) is 15.3 Å². The molecule has 2 N–H and O–H groups in total. The summed E-state index contributed by atoms with van der Waals surface area (Å²) in [4.78, 5) is 19.8. The van der Waals surface area contributed by atoms with E-state index in [4.69, 9.17) is 5.11 Å². The summed E-state index contributed by atoms with van der Waals surface area (Å²) in [6.07, 6.45) is 5.24. The summed E-state index contributed by atoms with van der Waals surface area (Å²) in [5.41, 5.74) is 2.13. The highest BCUT2D eigenvalue weighted by Crippen LogP contribution is 2.17. The summed E-state index contributed by atoms with van der Waals surface area (Å²) in [5.74, 6) is 0.0562. The molecule has 0 aliphatic carbocycles. The van der Waals surface area contributed by atoms with E-state index >= 15 is 0 Å². The van der Waals surface area contributed by atoms with Gasteiger partial charge in [0.05, 0.1) is 0 Å². The molecule has 1 aromatic heterocycles. The Hall–Kier alpha value is -2.27. The Kier molecular flexibility index (Phi) is 6.65. The normalized spacial score (nSPS) is 12.8. The van der Waals surface area contributed by atoms with Crippen molar-refractivity contribution in [3.63, 3.8) is 0 Å². The maximum Gasteiger partial charge on any atom is 0.303 e. The van der Waals surface area contributed by atoms with Crippen molar-refractivity contribution in [3.8, 4) is 0 Å². The van der Waals surface area contributed by atoms with Gasteiger partial charge < -0.3 is 10.4 Å². The van der Waals surface area contributed by atoms with E-state index < -0.39 is 5.97 Å². The molecule has 0 bridgehead atoms. The van der Waals surface area contributed by atoms with Crippen molar-refractivity contribution in [2.45, 2.75) is 58.0 Å². The average molecular weight is 341 g/mol. The third kappa shape index (κ3) is 6.63. The van der Waals surface area contributed by atoms with Crippen LogP contribution in [0, 0.1) is 0 Å². The van der Waals surface area contributed by atoms with Gasteiger partial charge in [-0.2, -0.15) is 0 Å². The van der Waals surface area contributed by atoms with Crippen molar-refractivity contribution in [3.05, 3.63) is 59.7 Å². The molecule has 1 aromatic carbocycles. The highest BCUT2D eigenvalue weighted by Gasteiger charge is 2.17. The van der Waals surface area contributed by atoms with E-state index in [1.165, 1.54) is 5.56 Å². The van der Waals surface area contributed by atoms with Crippen LogP contribution in [0.1, 0.15) is 50.6 Å². The Balaban J connectivity index is 1.97. The highest BCUT2D eigenvalue weighted by molar-refractivity contribution is 5.66. The second kappa shape index (κ2) is 8.72. The Morgan fingerprint density at radius 1 is 1.12 bits per heavy atom. The number of rotatable bonds is 8. The van der Waals surface area contributed by atoms with E-state index in [0.29, 0.717) is 13.0 Å². The van der Waals surface area contributed by atoms with Gasteiger partial charge in [-0.05, 0) is 18.4 Å². The zero-order valence-electron chi connectivity index (χ0n) is 15.2. The number of hydrogen-bond donors (Lipinski definition) is 2. The molecule has 0 saturated carbocycles. The third-order valence-corrected chi connectivity index (χ3v) is 4.00. The van der Waals surface area contributed by atoms with Gasteiger partial charge in [0.2, 0.25) is 0 Å². The highest BCUT2D eigenvalue weighted by atomic mass is 16.4. The van der Waals surface area contributed by atoms with Crippen LogP contribution in [-0.2, 0) is 23.2 Å². The standard InChI is InChI=1S/C20H27N3O2/c1-20(2,3)19-22-13-16(14-23-19)12-21-17(9-10-18(24)25)11-15-7-5-4-6-8-15/h4-8,13-14,17,21H,9-12H2,1-3H3,(H,24,25). The number of aliphatic carboxylic acids is 1. The fourth-order valence-corrected chi connectivity index (χ4v) is 2.57. The molecule has 134 valence electrons. The summed E-state index contributed by atoms with van der Waals surface area (Å²) in [6.45, 7) is 6.88. The van der Waals surface area contributed by atoms with E-state index in [0.717, 1.165) is 17.8 Å². The van der Waals surface area contributed by atoms with Gasteiger partial charge in [-0.25, -0.2) is 9.97 Å². The molecule has 1 atom stereocenters. The first-order valence-electron chi connectivity index (χ1n) is 8.65. The minimum atomic E-state index is -0.766. The van der Waals surface area contributed by atoms with E-state index in [2.05, 4.69) is 48.2 Å². The lowest BCUT2D eigenvalue weighted by Crippen LogP contribution is -2.31.